The van der Waals surface area contributed by atoms with Crippen LogP contribution in [0.1, 0.15) is 17.7 Å². The molecule has 1 saturated heterocycles. The molecular weight excluding hydrogens is 310 g/mol. The third-order valence-electron chi connectivity index (χ3n) is 4.63. The predicted octanol–water partition coefficient (Wildman–Crippen LogP) is 2.70. The van der Waals surface area contributed by atoms with Gasteiger partial charge in [-0.1, -0.05) is 30.3 Å². The number of nitrogens with zero attached hydrogens (tertiary/aromatic N) is 1. The van der Waals surface area contributed by atoms with Gasteiger partial charge in [0.05, 0.1) is 6.54 Å². The SMILES string of the molecule is O=C(N1CCc2cc(-c3ccccc3)oc2C1)C1(O)CCSC1. The molecule has 1 atom stereocenters. The number of hydrogen-bond acceptors (Lipinski definition) is 4. The number of furan rings is 1. The summed E-state index contributed by atoms with van der Waals surface area (Å²) >= 11 is 1.64. The Balaban J connectivity index is 1.56. The van der Waals surface area contributed by atoms with Gasteiger partial charge in [0, 0.05) is 17.9 Å². The Labute approximate surface area is 139 Å². The van der Waals surface area contributed by atoms with Crippen molar-refractivity contribution < 1.29 is 14.3 Å². The quantitative estimate of drug-likeness (QED) is 0.920. The number of thioether (sulfide) groups is 1. The fourth-order valence-corrected chi connectivity index (χ4v) is 4.49. The molecule has 1 fully saturated rings. The summed E-state index contributed by atoms with van der Waals surface area (Å²) in [6, 6.07) is 12.1. The van der Waals surface area contributed by atoms with Crippen LogP contribution in [0.15, 0.2) is 40.8 Å². The summed E-state index contributed by atoms with van der Waals surface area (Å²) in [5.41, 5.74) is 1.03. The molecule has 3 heterocycles. The number of rotatable bonds is 2. The molecule has 4 nitrogen and oxygen atoms in total. The summed E-state index contributed by atoms with van der Waals surface area (Å²) in [6.07, 6.45) is 1.33. The van der Waals surface area contributed by atoms with Crippen molar-refractivity contribution >= 4 is 17.7 Å². The first-order chi connectivity index (χ1) is 11.2. The summed E-state index contributed by atoms with van der Waals surface area (Å²) in [5.74, 6) is 2.89. The molecule has 1 unspecified atom stereocenters. The second kappa shape index (κ2) is 5.73. The van der Waals surface area contributed by atoms with Gasteiger partial charge < -0.3 is 14.4 Å². The summed E-state index contributed by atoms with van der Waals surface area (Å²) < 4.78 is 5.99. The van der Waals surface area contributed by atoms with Gasteiger partial charge in [-0.15, -0.1) is 0 Å². The normalized spacial score (nSPS) is 23.8. The minimum Gasteiger partial charge on any atom is -0.459 e. The van der Waals surface area contributed by atoms with Gasteiger partial charge in [0.15, 0.2) is 5.60 Å². The highest BCUT2D eigenvalue weighted by molar-refractivity contribution is 7.99. The molecule has 2 aliphatic rings. The van der Waals surface area contributed by atoms with E-state index >= 15 is 0 Å². The Kier molecular flexibility index (Phi) is 3.70. The minimum atomic E-state index is -1.18. The molecule has 0 spiro atoms. The first-order valence-corrected chi connectivity index (χ1v) is 9.08. The maximum atomic E-state index is 12.6. The zero-order valence-corrected chi connectivity index (χ0v) is 13.6. The third kappa shape index (κ3) is 2.68. The van der Waals surface area contributed by atoms with E-state index in [0.29, 0.717) is 25.3 Å². The number of fused-ring (bicyclic) bond motifs is 1. The van der Waals surface area contributed by atoms with Crippen molar-refractivity contribution in [3.8, 4) is 11.3 Å². The van der Waals surface area contributed by atoms with Crippen LogP contribution in [0, 0.1) is 0 Å². The van der Waals surface area contributed by atoms with Crippen molar-refractivity contribution in [3.63, 3.8) is 0 Å². The first-order valence-electron chi connectivity index (χ1n) is 7.92. The molecular formula is C18H19NO3S. The molecule has 2 aromatic rings. The summed E-state index contributed by atoms with van der Waals surface area (Å²) in [6.45, 7) is 1.10. The zero-order valence-electron chi connectivity index (χ0n) is 12.8. The Morgan fingerprint density at radius 3 is 2.87 bits per heavy atom. The van der Waals surface area contributed by atoms with Crippen LogP contribution in [0.4, 0.5) is 0 Å². The minimum absolute atomic E-state index is 0.147. The number of carbonyl (C=O) groups excluding carboxylic acids is 1. The van der Waals surface area contributed by atoms with Crippen LogP contribution >= 0.6 is 11.8 Å². The largest absolute Gasteiger partial charge is 0.459 e. The van der Waals surface area contributed by atoms with E-state index < -0.39 is 5.60 Å². The standard InChI is InChI=1S/C18H19NO3S/c20-17(18(21)7-9-23-12-18)19-8-6-14-10-15(22-16(14)11-19)13-4-2-1-3-5-13/h1-5,10,21H,6-9,11-12H2. The molecule has 1 N–H and O–H groups in total. The smallest absolute Gasteiger partial charge is 0.255 e. The second-order valence-corrected chi connectivity index (χ2v) is 7.34. The molecule has 120 valence electrons. The summed E-state index contributed by atoms with van der Waals surface area (Å²) in [7, 11) is 0. The van der Waals surface area contributed by atoms with E-state index in [-0.39, 0.29) is 5.91 Å². The van der Waals surface area contributed by atoms with Gasteiger partial charge >= 0.3 is 0 Å². The predicted molar refractivity (Wildman–Crippen MR) is 90.2 cm³/mol. The van der Waals surface area contributed by atoms with E-state index in [1.807, 2.05) is 30.3 Å². The third-order valence-corrected chi connectivity index (χ3v) is 5.80. The van der Waals surface area contributed by atoms with Gasteiger partial charge in [-0.05, 0) is 30.2 Å². The van der Waals surface area contributed by atoms with Crippen molar-refractivity contribution in [2.24, 2.45) is 0 Å². The van der Waals surface area contributed by atoms with Gasteiger partial charge in [0.2, 0.25) is 0 Å². The first kappa shape index (κ1) is 14.8. The Hall–Kier alpha value is -1.72. The van der Waals surface area contributed by atoms with Crippen LogP contribution in [0.25, 0.3) is 11.3 Å². The van der Waals surface area contributed by atoms with Gasteiger partial charge in [0.25, 0.3) is 5.91 Å². The molecule has 1 aromatic heterocycles. The topological polar surface area (TPSA) is 53.7 Å². The fraction of sp³-hybridized carbons (Fsp3) is 0.389. The van der Waals surface area contributed by atoms with E-state index in [4.69, 9.17) is 4.42 Å². The van der Waals surface area contributed by atoms with Gasteiger partial charge in [0.1, 0.15) is 11.5 Å². The van der Waals surface area contributed by atoms with E-state index in [1.165, 1.54) is 5.56 Å². The average molecular weight is 329 g/mol. The number of amides is 1. The lowest BCUT2D eigenvalue weighted by Gasteiger charge is -2.32. The van der Waals surface area contributed by atoms with Crippen molar-refractivity contribution in [1.82, 2.24) is 4.90 Å². The highest BCUT2D eigenvalue weighted by Crippen LogP contribution is 2.33. The lowest BCUT2D eigenvalue weighted by Crippen LogP contribution is -2.50. The van der Waals surface area contributed by atoms with E-state index in [2.05, 4.69) is 6.07 Å². The number of carbonyl (C=O) groups is 1. The monoisotopic (exact) mass is 329 g/mol. The molecule has 23 heavy (non-hydrogen) atoms. The Morgan fingerprint density at radius 1 is 1.30 bits per heavy atom. The van der Waals surface area contributed by atoms with E-state index in [9.17, 15) is 9.90 Å². The molecule has 2 aliphatic heterocycles. The highest BCUT2D eigenvalue weighted by Gasteiger charge is 2.43. The van der Waals surface area contributed by atoms with E-state index in [0.717, 1.165) is 29.3 Å². The molecule has 0 saturated carbocycles. The highest BCUT2D eigenvalue weighted by atomic mass is 32.2. The van der Waals surface area contributed by atoms with Crippen LogP contribution in [-0.2, 0) is 17.8 Å². The van der Waals surface area contributed by atoms with Crippen molar-refractivity contribution in [2.75, 3.05) is 18.1 Å². The molecule has 1 aromatic carbocycles. The van der Waals surface area contributed by atoms with Crippen LogP contribution in [0.2, 0.25) is 0 Å². The van der Waals surface area contributed by atoms with Crippen LogP contribution in [-0.4, -0.2) is 39.6 Å². The van der Waals surface area contributed by atoms with Crippen LogP contribution in [0.3, 0.4) is 0 Å². The maximum Gasteiger partial charge on any atom is 0.255 e. The number of aliphatic hydroxyl groups is 1. The van der Waals surface area contributed by atoms with Crippen LogP contribution < -0.4 is 0 Å². The molecule has 0 bridgehead atoms. The van der Waals surface area contributed by atoms with Crippen LogP contribution in [0.5, 0.6) is 0 Å². The van der Waals surface area contributed by atoms with E-state index in [1.54, 1.807) is 16.7 Å². The number of benzene rings is 1. The van der Waals surface area contributed by atoms with Gasteiger partial charge in [-0.3, -0.25) is 4.79 Å². The summed E-state index contributed by atoms with van der Waals surface area (Å²) in [5, 5.41) is 10.5. The zero-order chi connectivity index (χ0) is 15.9. The van der Waals surface area contributed by atoms with Crippen molar-refractivity contribution in [2.45, 2.75) is 25.0 Å². The maximum absolute atomic E-state index is 12.6. The number of hydrogen-bond donors (Lipinski definition) is 1. The average Bonchev–Trinajstić information content (AvgIpc) is 3.21. The lowest BCUT2D eigenvalue weighted by molar-refractivity contribution is -0.150. The second-order valence-electron chi connectivity index (χ2n) is 6.24. The Morgan fingerprint density at radius 2 is 2.13 bits per heavy atom. The van der Waals surface area contributed by atoms with Gasteiger partial charge in [-0.25, -0.2) is 0 Å². The summed E-state index contributed by atoms with van der Waals surface area (Å²) in [4.78, 5) is 14.4. The fourth-order valence-electron chi connectivity index (χ4n) is 3.25. The molecule has 1 amide bonds. The van der Waals surface area contributed by atoms with Crippen molar-refractivity contribution in [3.05, 3.63) is 47.7 Å². The molecule has 4 rings (SSSR count). The van der Waals surface area contributed by atoms with Crippen molar-refractivity contribution in [1.29, 1.82) is 0 Å². The Bertz CT molecular complexity index is 719. The molecule has 0 radical (unpaired) electrons. The lowest BCUT2D eigenvalue weighted by atomic mass is 9.99. The van der Waals surface area contributed by atoms with Gasteiger partial charge in [-0.2, -0.15) is 11.8 Å². The molecule has 5 heteroatoms. The molecule has 0 aliphatic carbocycles.